The van der Waals surface area contributed by atoms with Gasteiger partial charge in [-0.05, 0) is 54.2 Å². The molecule has 1 aromatic carbocycles. The molecule has 1 N–H and O–H groups in total. The van der Waals surface area contributed by atoms with Gasteiger partial charge in [-0.25, -0.2) is 9.78 Å². The zero-order valence-corrected chi connectivity index (χ0v) is 17.2. The smallest absolute Gasteiger partial charge is 0.339 e. The van der Waals surface area contributed by atoms with Crippen molar-refractivity contribution < 1.29 is 18.7 Å². The van der Waals surface area contributed by atoms with Gasteiger partial charge in [0.05, 0.1) is 29.6 Å². The zero-order valence-electron chi connectivity index (χ0n) is 17.2. The van der Waals surface area contributed by atoms with Crippen LogP contribution >= 0.6 is 0 Å². The number of carbonyl (C=O) groups excluding carboxylic acids is 2. The van der Waals surface area contributed by atoms with Crippen LogP contribution in [0.5, 0.6) is 0 Å². The molecule has 1 aliphatic carbocycles. The third-order valence-corrected chi connectivity index (χ3v) is 5.20. The summed E-state index contributed by atoms with van der Waals surface area (Å²) in [7, 11) is 0. The fourth-order valence-corrected chi connectivity index (χ4v) is 3.92. The van der Waals surface area contributed by atoms with Crippen LogP contribution in [0.2, 0.25) is 0 Å². The van der Waals surface area contributed by atoms with E-state index in [0.29, 0.717) is 28.8 Å². The number of pyridine rings is 1. The lowest BCUT2D eigenvalue weighted by atomic mass is 9.81. The minimum atomic E-state index is -0.544. The highest BCUT2D eigenvalue weighted by Crippen LogP contribution is 2.38. The number of hydrogen-bond acceptors (Lipinski definition) is 5. The molecule has 0 unspecified atom stereocenters. The number of hydrogen-bond donors (Lipinski definition) is 1. The first-order valence-electron chi connectivity index (χ1n) is 10.1. The average molecular weight is 414 g/mol. The molecule has 2 aromatic heterocycles. The van der Waals surface area contributed by atoms with E-state index in [1.54, 1.807) is 6.26 Å². The summed E-state index contributed by atoms with van der Waals surface area (Å²) >= 11 is 0. The number of ether oxygens (including phenoxy) is 1. The van der Waals surface area contributed by atoms with Crippen molar-refractivity contribution in [3.05, 3.63) is 65.2 Å². The van der Waals surface area contributed by atoms with Crippen LogP contribution in [0.1, 0.15) is 40.7 Å². The number of amides is 1. The van der Waals surface area contributed by atoms with Crippen molar-refractivity contribution in [3.8, 4) is 12.3 Å². The van der Waals surface area contributed by atoms with Crippen molar-refractivity contribution in [3.63, 3.8) is 0 Å². The summed E-state index contributed by atoms with van der Waals surface area (Å²) in [5.74, 6) is 2.38. The number of terminal acetylenes is 1. The van der Waals surface area contributed by atoms with Gasteiger partial charge in [-0.15, -0.1) is 6.42 Å². The molecule has 6 heteroatoms. The first kappa shape index (κ1) is 20.4. The van der Waals surface area contributed by atoms with E-state index in [1.165, 1.54) is 0 Å². The number of allylic oxidation sites excluding steroid dienone is 1. The summed E-state index contributed by atoms with van der Waals surface area (Å²) in [6.07, 6.45) is 10.3. The number of aromatic nitrogens is 1. The molecule has 0 aliphatic heterocycles. The Bertz CT molecular complexity index is 1200. The second kappa shape index (κ2) is 8.88. The number of benzene rings is 1. The highest BCUT2D eigenvalue weighted by molar-refractivity contribution is 6.07. The van der Waals surface area contributed by atoms with Gasteiger partial charge in [0.15, 0.2) is 6.61 Å². The van der Waals surface area contributed by atoms with Crippen LogP contribution in [0, 0.1) is 18.3 Å². The van der Waals surface area contributed by atoms with Crippen LogP contribution in [0.25, 0.3) is 22.6 Å². The Labute approximate surface area is 180 Å². The lowest BCUT2D eigenvalue weighted by Gasteiger charge is -2.26. The van der Waals surface area contributed by atoms with E-state index < -0.39 is 18.5 Å². The zero-order chi connectivity index (χ0) is 21.8. The molecule has 31 heavy (non-hydrogen) atoms. The molecule has 156 valence electrons. The molecule has 2 heterocycles. The summed E-state index contributed by atoms with van der Waals surface area (Å²) in [5.41, 5.74) is 3.78. The van der Waals surface area contributed by atoms with Crippen molar-refractivity contribution in [1.82, 2.24) is 10.3 Å². The minimum absolute atomic E-state index is 0.0857. The first-order chi connectivity index (χ1) is 15.1. The summed E-state index contributed by atoms with van der Waals surface area (Å²) in [6.45, 7) is 1.83. The van der Waals surface area contributed by atoms with Gasteiger partial charge in [-0.2, -0.15) is 0 Å². The number of nitrogens with zero attached hydrogens (tertiary/aromatic N) is 1. The summed E-state index contributed by atoms with van der Waals surface area (Å²) in [4.78, 5) is 29.9. The van der Waals surface area contributed by atoms with Crippen LogP contribution < -0.4 is 5.32 Å². The Morgan fingerprint density at radius 2 is 2.13 bits per heavy atom. The Morgan fingerprint density at radius 3 is 2.90 bits per heavy atom. The molecule has 0 fully saturated rings. The molecule has 1 atom stereocenters. The van der Waals surface area contributed by atoms with E-state index in [0.717, 1.165) is 29.0 Å². The predicted octanol–water partition coefficient (Wildman–Crippen LogP) is 3.86. The normalized spacial score (nSPS) is 16.5. The maximum absolute atomic E-state index is 13.1. The number of para-hydroxylation sites is 1. The fourth-order valence-electron chi connectivity index (χ4n) is 3.92. The number of fused-ring (bicyclic) bond motifs is 2. The average Bonchev–Trinajstić information content (AvgIpc) is 3.27. The van der Waals surface area contributed by atoms with Gasteiger partial charge < -0.3 is 14.5 Å². The molecular weight excluding hydrogens is 392 g/mol. The van der Waals surface area contributed by atoms with Crippen molar-refractivity contribution in [2.75, 3.05) is 13.2 Å². The quantitative estimate of drug-likeness (QED) is 0.507. The standard InChI is InChI=1S/C25H22N2O4/c1-3-10-26-22(28)15-31-25(29)23-19-8-4-5-9-21(19)27-24-17(12-16(2)13-20(23)24)14-18-7-6-11-30-18/h1,4-9,11,14,16H,10,12-13,15H2,2H3,(H,26,28)/b17-14-/t16-/m1/s1. The van der Waals surface area contributed by atoms with E-state index in [-0.39, 0.29) is 6.54 Å². The Morgan fingerprint density at radius 1 is 1.29 bits per heavy atom. The molecule has 0 bridgehead atoms. The van der Waals surface area contributed by atoms with Crippen LogP contribution in [0.3, 0.4) is 0 Å². The van der Waals surface area contributed by atoms with Gasteiger partial charge in [0.1, 0.15) is 5.76 Å². The highest BCUT2D eigenvalue weighted by atomic mass is 16.5. The Kier molecular flexibility index (Phi) is 5.85. The minimum Gasteiger partial charge on any atom is -0.465 e. The molecule has 6 nitrogen and oxygen atoms in total. The number of furan rings is 1. The van der Waals surface area contributed by atoms with E-state index in [1.807, 2.05) is 42.5 Å². The summed E-state index contributed by atoms with van der Waals surface area (Å²) in [6, 6.07) is 11.2. The number of rotatable bonds is 5. The molecular formula is C25H22N2O4. The van der Waals surface area contributed by atoms with Gasteiger partial charge >= 0.3 is 5.97 Å². The topological polar surface area (TPSA) is 81.4 Å². The third kappa shape index (κ3) is 4.36. The molecule has 0 saturated carbocycles. The maximum atomic E-state index is 13.1. The predicted molar refractivity (Wildman–Crippen MR) is 118 cm³/mol. The summed E-state index contributed by atoms with van der Waals surface area (Å²) < 4.78 is 10.8. The highest BCUT2D eigenvalue weighted by Gasteiger charge is 2.29. The van der Waals surface area contributed by atoms with Crippen molar-refractivity contribution in [2.24, 2.45) is 5.92 Å². The number of esters is 1. The molecule has 0 saturated heterocycles. The van der Waals surface area contributed by atoms with Gasteiger partial charge in [-0.1, -0.05) is 31.0 Å². The summed E-state index contributed by atoms with van der Waals surface area (Å²) in [5, 5.41) is 3.20. The Balaban J connectivity index is 1.78. The van der Waals surface area contributed by atoms with Crippen LogP contribution in [0.4, 0.5) is 0 Å². The first-order valence-corrected chi connectivity index (χ1v) is 10.1. The molecule has 4 rings (SSSR count). The second-order valence-corrected chi connectivity index (χ2v) is 7.59. The van der Waals surface area contributed by atoms with Crippen molar-refractivity contribution >= 4 is 34.4 Å². The maximum Gasteiger partial charge on any atom is 0.339 e. The second-order valence-electron chi connectivity index (χ2n) is 7.59. The van der Waals surface area contributed by atoms with Crippen molar-refractivity contribution in [1.29, 1.82) is 0 Å². The van der Waals surface area contributed by atoms with E-state index >= 15 is 0 Å². The monoisotopic (exact) mass is 414 g/mol. The van der Waals surface area contributed by atoms with Crippen LogP contribution in [0.15, 0.2) is 47.1 Å². The lowest BCUT2D eigenvalue weighted by molar-refractivity contribution is -0.123. The molecule has 1 amide bonds. The largest absolute Gasteiger partial charge is 0.465 e. The van der Waals surface area contributed by atoms with E-state index in [9.17, 15) is 9.59 Å². The molecule has 3 aromatic rings. The lowest BCUT2D eigenvalue weighted by Crippen LogP contribution is -2.29. The van der Waals surface area contributed by atoms with Crippen LogP contribution in [-0.4, -0.2) is 30.0 Å². The van der Waals surface area contributed by atoms with Gasteiger partial charge in [0.25, 0.3) is 5.91 Å². The third-order valence-electron chi connectivity index (χ3n) is 5.20. The van der Waals surface area contributed by atoms with E-state index in [2.05, 4.69) is 18.2 Å². The number of carbonyl (C=O) groups is 2. The van der Waals surface area contributed by atoms with Crippen LogP contribution in [-0.2, 0) is 16.0 Å². The number of nitrogens with one attached hydrogen (secondary N) is 1. The SMILES string of the molecule is C#CCNC(=O)COC(=O)c1c2c(nc3ccccc13)/C(=C\c1ccco1)C[C@@H](C)C2. The van der Waals surface area contributed by atoms with Gasteiger partial charge in [0.2, 0.25) is 0 Å². The molecule has 1 aliphatic rings. The van der Waals surface area contributed by atoms with Gasteiger partial charge in [-0.3, -0.25) is 4.79 Å². The van der Waals surface area contributed by atoms with Gasteiger partial charge in [0, 0.05) is 5.39 Å². The molecule has 0 spiro atoms. The fraction of sp³-hybridized carbons (Fsp3) is 0.240. The van der Waals surface area contributed by atoms with Crippen molar-refractivity contribution in [2.45, 2.75) is 19.8 Å². The molecule has 0 radical (unpaired) electrons. The van der Waals surface area contributed by atoms with E-state index in [4.69, 9.17) is 20.6 Å². The Hall–Kier alpha value is -3.85.